The van der Waals surface area contributed by atoms with Gasteiger partial charge >= 0.3 is 0 Å². The van der Waals surface area contributed by atoms with Crippen molar-refractivity contribution in [1.82, 2.24) is 15.2 Å². The van der Waals surface area contributed by atoms with E-state index in [2.05, 4.69) is 19.9 Å². The van der Waals surface area contributed by atoms with Crippen LogP contribution in [0.3, 0.4) is 0 Å². The van der Waals surface area contributed by atoms with Crippen molar-refractivity contribution < 1.29 is 8.42 Å². The maximum atomic E-state index is 12.2. The van der Waals surface area contributed by atoms with E-state index >= 15 is 0 Å². The van der Waals surface area contributed by atoms with Gasteiger partial charge in [0.05, 0.1) is 17.4 Å². The number of nitrogens with two attached hydrogens (primary N) is 1. The second-order valence-corrected chi connectivity index (χ2v) is 5.78. The summed E-state index contributed by atoms with van der Waals surface area (Å²) in [6.07, 6.45) is 2.77. The normalized spacial score (nSPS) is 11.6. The molecule has 7 nitrogen and oxygen atoms in total. The molecule has 0 fully saturated rings. The summed E-state index contributed by atoms with van der Waals surface area (Å²) in [4.78, 5) is 4.10. The summed E-state index contributed by atoms with van der Waals surface area (Å²) < 4.78 is 27.0. The number of pyridine rings is 1. The Morgan fingerprint density at radius 2 is 2.00 bits per heavy atom. The van der Waals surface area contributed by atoms with Crippen LogP contribution in [0.25, 0.3) is 10.9 Å². The molecule has 102 valence electrons. The number of para-hydroxylation sites is 1. The molecule has 2 heterocycles. The van der Waals surface area contributed by atoms with Gasteiger partial charge in [-0.3, -0.25) is 14.8 Å². The van der Waals surface area contributed by atoms with Gasteiger partial charge in [-0.25, -0.2) is 8.42 Å². The van der Waals surface area contributed by atoms with Crippen molar-refractivity contribution in [3.63, 3.8) is 0 Å². The van der Waals surface area contributed by atoms with Crippen molar-refractivity contribution in [2.75, 3.05) is 10.5 Å². The highest BCUT2D eigenvalue weighted by Gasteiger charge is 2.20. The molecule has 3 rings (SSSR count). The maximum Gasteiger partial charge on any atom is 0.267 e. The van der Waals surface area contributed by atoms with E-state index in [9.17, 15) is 8.42 Å². The molecular formula is C12H11N5O2S. The van der Waals surface area contributed by atoms with Gasteiger partial charge in [-0.15, -0.1) is 0 Å². The lowest BCUT2D eigenvalue weighted by Gasteiger charge is -2.09. The van der Waals surface area contributed by atoms with Crippen molar-refractivity contribution >= 4 is 32.4 Å². The lowest BCUT2D eigenvalue weighted by molar-refractivity contribution is 0.601. The van der Waals surface area contributed by atoms with Crippen molar-refractivity contribution in [3.8, 4) is 0 Å². The molecule has 0 amide bonds. The summed E-state index contributed by atoms with van der Waals surface area (Å²) in [5, 5.41) is 6.84. The summed E-state index contributed by atoms with van der Waals surface area (Å²) in [6, 6.07) is 8.89. The number of nitrogens with zero attached hydrogens (tertiary/aromatic N) is 2. The number of rotatable bonds is 3. The van der Waals surface area contributed by atoms with Crippen LogP contribution in [-0.4, -0.2) is 23.6 Å². The van der Waals surface area contributed by atoms with Crippen LogP contribution in [0.2, 0.25) is 0 Å². The number of aromatic nitrogens is 3. The number of nitrogen functional groups attached to an aromatic ring is 1. The molecule has 0 spiro atoms. The van der Waals surface area contributed by atoms with Gasteiger partial charge in [-0.05, 0) is 12.1 Å². The smallest absolute Gasteiger partial charge is 0.267 e. The Kier molecular flexibility index (Phi) is 2.79. The first-order chi connectivity index (χ1) is 9.58. The number of H-pyrrole nitrogens is 1. The van der Waals surface area contributed by atoms with Gasteiger partial charge in [0.1, 0.15) is 10.7 Å². The number of hydrogen-bond acceptors (Lipinski definition) is 5. The zero-order valence-electron chi connectivity index (χ0n) is 10.2. The number of hydrogen-bond donors (Lipinski definition) is 3. The Morgan fingerprint density at radius 1 is 1.20 bits per heavy atom. The van der Waals surface area contributed by atoms with E-state index in [4.69, 9.17) is 5.73 Å². The monoisotopic (exact) mass is 289 g/mol. The SMILES string of the molecule is Nc1[nH]ncc1S(=O)(=O)Nc1cccc2cccnc12. The molecule has 0 saturated carbocycles. The van der Waals surface area contributed by atoms with Gasteiger partial charge in [-0.1, -0.05) is 18.2 Å². The summed E-state index contributed by atoms with van der Waals surface area (Å²) in [6.45, 7) is 0. The van der Waals surface area contributed by atoms with Crippen molar-refractivity contribution in [1.29, 1.82) is 0 Å². The average Bonchev–Trinajstić information content (AvgIpc) is 2.86. The van der Waals surface area contributed by atoms with Gasteiger partial charge in [0.2, 0.25) is 0 Å². The predicted octanol–water partition coefficient (Wildman–Crippen LogP) is 1.34. The summed E-state index contributed by atoms with van der Waals surface area (Å²) in [5.41, 5.74) is 6.50. The molecule has 0 unspecified atom stereocenters. The van der Waals surface area contributed by atoms with Crippen LogP contribution < -0.4 is 10.5 Å². The van der Waals surface area contributed by atoms with Gasteiger partial charge in [-0.2, -0.15) is 5.10 Å². The molecule has 0 aliphatic carbocycles. The second-order valence-electron chi connectivity index (χ2n) is 4.13. The molecule has 20 heavy (non-hydrogen) atoms. The van der Waals surface area contributed by atoms with E-state index in [0.29, 0.717) is 11.2 Å². The molecule has 0 radical (unpaired) electrons. The minimum absolute atomic E-state index is 0.00861. The van der Waals surface area contributed by atoms with E-state index in [-0.39, 0.29) is 10.7 Å². The third-order valence-electron chi connectivity index (χ3n) is 2.80. The molecular weight excluding hydrogens is 278 g/mol. The highest BCUT2D eigenvalue weighted by Crippen LogP contribution is 2.24. The Bertz CT molecular complexity index is 867. The second kappa shape index (κ2) is 4.49. The summed E-state index contributed by atoms with van der Waals surface area (Å²) in [7, 11) is -3.80. The van der Waals surface area contributed by atoms with E-state index in [1.807, 2.05) is 12.1 Å². The van der Waals surface area contributed by atoms with Crippen molar-refractivity contribution in [2.24, 2.45) is 0 Å². The van der Waals surface area contributed by atoms with Crippen LogP contribution in [-0.2, 0) is 10.0 Å². The summed E-state index contributed by atoms with van der Waals surface area (Å²) >= 11 is 0. The first kappa shape index (κ1) is 12.4. The third kappa shape index (κ3) is 2.05. The fourth-order valence-electron chi connectivity index (χ4n) is 1.89. The quantitative estimate of drug-likeness (QED) is 0.673. The van der Waals surface area contributed by atoms with E-state index < -0.39 is 10.0 Å². The Labute approximate surface area is 114 Å². The molecule has 1 aromatic carbocycles. The first-order valence-corrected chi connectivity index (χ1v) is 7.22. The van der Waals surface area contributed by atoms with Crippen LogP contribution in [0, 0.1) is 0 Å². The van der Waals surface area contributed by atoms with Crippen LogP contribution in [0.4, 0.5) is 11.5 Å². The minimum Gasteiger partial charge on any atom is -0.383 e. The molecule has 4 N–H and O–H groups in total. The molecule has 0 aliphatic rings. The Balaban J connectivity index is 2.08. The zero-order chi connectivity index (χ0) is 14.2. The van der Waals surface area contributed by atoms with Crippen LogP contribution in [0.5, 0.6) is 0 Å². The van der Waals surface area contributed by atoms with Gasteiger partial charge in [0.25, 0.3) is 10.0 Å². The fourth-order valence-corrected chi connectivity index (χ4v) is 2.98. The van der Waals surface area contributed by atoms with E-state index in [0.717, 1.165) is 11.6 Å². The number of sulfonamides is 1. The summed E-state index contributed by atoms with van der Waals surface area (Å²) in [5.74, 6) is -0.00861. The number of aromatic amines is 1. The highest BCUT2D eigenvalue weighted by molar-refractivity contribution is 7.92. The van der Waals surface area contributed by atoms with Crippen LogP contribution in [0.1, 0.15) is 0 Å². The molecule has 0 aliphatic heterocycles. The third-order valence-corrected chi connectivity index (χ3v) is 4.19. The number of anilines is 2. The van der Waals surface area contributed by atoms with Crippen LogP contribution in [0.15, 0.2) is 47.6 Å². The number of nitrogens with one attached hydrogen (secondary N) is 2. The molecule has 2 aromatic heterocycles. The number of benzene rings is 1. The maximum absolute atomic E-state index is 12.2. The minimum atomic E-state index is -3.80. The lowest BCUT2D eigenvalue weighted by atomic mass is 10.2. The average molecular weight is 289 g/mol. The predicted molar refractivity (Wildman–Crippen MR) is 75.6 cm³/mol. The lowest BCUT2D eigenvalue weighted by Crippen LogP contribution is -2.14. The Morgan fingerprint density at radius 3 is 2.75 bits per heavy atom. The Hall–Kier alpha value is -2.61. The van der Waals surface area contributed by atoms with Gasteiger partial charge in [0.15, 0.2) is 0 Å². The molecule has 3 aromatic rings. The fraction of sp³-hybridized carbons (Fsp3) is 0. The van der Waals surface area contributed by atoms with Crippen LogP contribution >= 0.6 is 0 Å². The van der Waals surface area contributed by atoms with Gasteiger partial charge < -0.3 is 5.73 Å². The van der Waals surface area contributed by atoms with Crippen molar-refractivity contribution in [3.05, 3.63) is 42.7 Å². The molecule has 0 bridgehead atoms. The first-order valence-electron chi connectivity index (χ1n) is 5.73. The molecule has 0 atom stereocenters. The van der Waals surface area contributed by atoms with Crippen molar-refractivity contribution in [2.45, 2.75) is 4.90 Å². The zero-order valence-corrected chi connectivity index (χ0v) is 11.1. The van der Waals surface area contributed by atoms with Gasteiger partial charge in [0, 0.05) is 11.6 Å². The van der Waals surface area contributed by atoms with E-state index in [1.54, 1.807) is 24.4 Å². The standard InChI is InChI=1S/C12H11N5O2S/c13-12-10(7-15-16-12)20(18,19)17-9-5-1-3-8-4-2-6-14-11(8)9/h1-7,17H,(H3,13,15,16). The largest absolute Gasteiger partial charge is 0.383 e. The number of fused-ring (bicyclic) bond motifs is 1. The van der Waals surface area contributed by atoms with E-state index in [1.165, 1.54) is 0 Å². The molecule has 8 heteroatoms. The highest BCUT2D eigenvalue weighted by atomic mass is 32.2. The molecule has 0 saturated heterocycles. The topological polar surface area (TPSA) is 114 Å².